The number of amides is 2. The number of nitrogens with zero attached hydrogens (tertiary/aromatic N) is 3. The molecular formula is C20H25N5O2. The van der Waals surface area contributed by atoms with Crippen molar-refractivity contribution in [2.45, 2.75) is 13.0 Å². The quantitative estimate of drug-likeness (QED) is 0.756. The summed E-state index contributed by atoms with van der Waals surface area (Å²) >= 11 is 0. The number of hydrogen-bond acceptors (Lipinski definition) is 5. The van der Waals surface area contributed by atoms with Crippen LogP contribution in [-0.2, 0) is 16.1 Å². The summed E-state index contributed by atoms with van der Waals surface area (Å²) in [5.41, 5.74) is 2.79. The van der Waals surface area contributed by atoms with E-state index >= 15 is 0 Å². The lowest BCUT2D eigenvalue weighted by Crippen LogP contribution is -2.44. The molecule has 1 aliphatic rings. The molecular weight excluding hydrogens is 342 g/mol. The molecule has 2 aromatic rings. The van der Waals surface area contributed by atoms with Crippen LogP contribution in [0.3, 0.4) is 0 Å². The highest BCUT2D eigenvalue weighted by Gasteiger charge is 2.14. The number of carbonyl (C=O) groups is 2. The smallest absolute Gasteiger partial charge is 0.233 e. The third kappa shape index (κ3) is 5.79. The van der Waals surface area contributed by atoms with Crippen LogP contribution in [0.25, 0.3) is 0 Å². The zero-order valence-electron chi connectivity index (χ0n) is 15.5. The number of benzene rings is 1. The van der Waals surface area contributed by atoms with Crippen molar-refractivity contribution >= 4 is 23.2 Å². The first-order valence-electron chi connectivity index (χ1n) is 9.09. The van der Waals surface area contributed by atoms with Crippen molar-refractivity contribution in [1.82, 2.24) is 15.2 Å². The highest BCUT2D eigenvalue weighted by molar-refractivity contribution is 6.03. The lowest BCUT2D eigenvalue weighted by molar-refractivity contribution is -0.126. The maximum Gasteiger partial charge on any atom is 0.233 e. The van der Waals surface area contributed by atoms with E-state index in [1.165, 1.54) is 0 Å². The van der Waals surface area contributed by atoms with Gasteiger partial charge < -0.3 is 20.4 Å². The van der Waals surface area contributed by atoms with Crippen LogP contribution in [0.15, 0.2) is 48.8 Å². The molecule has 142 valence electrons. The molecule has 0 unspecified atom stereocenters. The van der Waals surface area contributed by atoms with E-state index in [9.17, 15) is 9.59 Å². The van der Waals surface area contributed by atoms with Gasteiger partial charge in [0.05, 0.1) is 0 Å². The normalized spacial score (nSPS) is 14.6. The zero-order valence-corrected chi connectivity index (χ0v) is 15.5. The molecule has 0 aliphatic carbocycles. The number of hydrogen-bond donors (Lipinski definition) is 2. The maximum atomic E-state index is 12.1. The van der Waals surface area contributed by atoms with E-state index in [-0.39, 0.29) is 18.2 Å². The lowest BCUT2D eigenvalue weighted by Gasteiger charge is -2.34. The van der Waals surface area contributed by atoms with Crippen LogP contribution in [-0.4, -0.2) is 54.9 Å². The van der Waals surface area contributed by atoms with Crippen LogP contribution in [0.1, 0.15) is 12.0 Å². The third-order valence-corrected chi connectivity index (χ3v) is 4.58. The number of anilines is 2. The second-order valence-electron chi connectivity index (χ2n) is 6.69. The van der Waals surface area contributed by atoms with E-state index in [2.05, 4.69) is 32.5 Å². The summed E-state index contributed by atoms with van der Waals surface area (Å²) in [4.78, 5) is 32.5. The second-order valence-corrected chi connectivity index (χ2v) is 6.69. The molecule has 2 N–H and O–H groups in total. The number of piperazine rings is 1. The Morgan fingerprint density at radius 2 is 1.63 bits per heavy atom. The van der Waals surface area contributed by atoms with Crippen LogP contribution in [0.4, 0.5) is 11.4 Å². The van der Waals surface area contributed by atoms with Gasteiger partial charge in [0.25, 0.3) is 0 Å². The van der Waals surface area contributed by atoms with E-state index in [0.29, 0.717) is 12.2 Å². The van der Waals surface area contributed by atoms with Crippen molar-refractivity contribution in [2.24, 2.45) is 0 Å². The molecule has 1 aromatic heterocycles. The maximum absolute atomic E-state index is 12.1. The molecule has 7 heteroatoms. The Labute approximate surface area is 159 Å². The predicted octanol–water partition coefficient (Wildman–Crippen LogP) is 1.48. The average molecular weight is 367 g/mol. The topological polar surface area (TPSA) is 77.6 Å². The van der Waals surface area contributed by atoms with Crippen LogP contribution in [0, 0.1) is 0 Å². The summed E-state index contributed by atoms with van der Waals surface area (Å²) in [6.07, 6.45) is 3.13. The summed E-state index contributed by atoms with van der Waals surface area (Å²) in [6.45, 7) is 4.48. The van der Waals surface area contributed by atoms with Crippen LogP contribution in [0.5, 0.6) is 0 Å². The van der Waals surface area contributed by atoms with Crippen molar-refractivity contribution in [3.05, 3.63) is 54.4 Å². The van der Waals surface area contributed by atoms with Crippen molar-refractivity contribution in [3.8, 4) is 0 Å². The van der Waals surface area contributed by atoms with E-state index < -0.39 is 0 Å². The molecule has 2 heterocycles. The van der Waals surface area contributed by atoms with E-state index in [0.717, 1.165) is 37.4 Å². The molecule has 3 rings (SSSR count). The molecule has 1 aliphatic heterocycles. The second kappa shape index (κ2) is 9.14. The largest absolute Gasteiger partial charge is 0.369 e. The molecule has 0 atom stereocenters. The minimum atomic E-state index is -0.324. The minimum Gasteiger partial charge on any atom is -0.369 e. The van der Waals surface area contributed by atoms with Crippen molar-refractivity contribution < 1.29 is 9.59 Å². The number of likely N-dealkylation sites (N-methyl/N-ethyl adjacent to an activating group) is 1. The Morgan fingerprint density at radius 1 is 0.963 bits per heavy atom. The Hall–Kier alpha value is -2.93. The van der Waals surface area contributed by atoms with Gasteiger partial charge in [0.2, 0.25) is 11.8 Å². The third-order valence-electron chi connectivity index (χ3n) is 4.58. The summed E-state index contributed by atoms with van der Waals surface area (Å²) in [7, 11) is 2.13. The molecule has 7 nitrogen and oxygen atoms in total. The van der Waals surface area contributed by atoms with Crippen LogP contribution < -0.4 is 15.5 Å². The van der Waals surface area contributed by atoms with Gasteiger partial charge >= 0.3 is 0 Å². The Balaban J connectivity index is 1.44. The molecule has 27 heavy (non-hydrogen) atoms. The Kier molecular flexibility index (Phi) is 6.38. The summed E-state index contributed by atoms with van der Waals surface area (Å²) in [5.74, 6) is -0.632. The number of aromatic nitrogens is 1. The molecule has 1 aromatic carbocycles. The summed E-state index contributed by atoms with van der Waals surface area (Å²) in [6, 6.07) is 11.4. The van der Waals surface area contributed by atoms with Gasteiger partial charge in [0.1, 0.15) is 6.42 Å². The predicted molar refractivity (Wildman–Crippen MR) is 105 cm³/mol. The standard InChI is InChI=1S/C20H25N5O2/c1-24-10-12-25(13-11-24)18-4-2-17(3-5-18)23-20(27)14-19(26)22-15-16-6-8-21-9-7-16/h2-9H,10-15H2,1H3,(H,22,26)(H,23,27). The average Bonchev–Trinajstić information content (AvgIpc) is 2.68. The lowest BCUT2D eigenvalue weighted by atomic mass is 10.2. The number of nitrogens with one attached hydrogen (secondary N) is 2. The van der Waals surface area contributed by atoms with Crippen molar-refractivity contribution in [1.29, 1.82) is 0 Å². The van der Waals surface area contributed by atoms with Gasteiger partial charge in [-0.15, -0.1) is 0 Å². The first kappa shape index (κ1) is 18.8. The fourth-order valence-electron chi connectivity index (χ4n) is 2.94. The summed E-state index contributed by atoms with van der Waals surface area (Å²) in [5, 5.41) is 5.50. The van der Waals surface area contributed by atoms with E-state index in [1.807, 2.05) is 36.4 Å². The zero-order chi connectivity index (χ0) is 19.1. The number of pyridine rings is 1. The van der Waals surface area contributed by atoms with Gasteiger partial charge in [-0.05, 0) is 49.0 Å². The number of rotatable bonds is 6. The van der Waals surface area contributed by atoms with Crippen molar-refractivity contribution in [2.75, 3.05) is 43.4 Å². The van der Waals surface area contributed by atoms with Gasteiger partial charge in [-0.3, -0.25) is 14.6 Å². The number of carbonyl (C=O) groups excluding carboxylic acids is 2. The van der Waals surface area contributed by atoms with Crippen LogP contribution in [0.2, 0.25) is 0 Å². The van der Waals surface area contributed by atoms with E-state index in [1.54, 1.807) is 12.4 Å². The van der Waals surface area contributed by atoms with Crippen LogP contribution >= 0.6 is 0 Å². The molecule has 0 bridgehead atoms. The van der Waals surface area contributed by atoms with Gasteiger partial charge in [0, 0.05) is 56.5 Å². The van der Waals surface area contributed by atoms with Gasteiger partial charge in [-0.2, -0.15) is 0 Å². The fourth-order valence-corrected chi connectivity index (χ4v) is 2.94. The molecule has 0 spiro atoms. The van der Waals surface area contributed by atoms with Crippen molar-refractivity contribution in [3.63, 3.8) is 0 Å². The van der Waals surface area contributed by atoms with E-state index in [4.69, 9.17) is 0 Å². The fraction of sp³-hybridized carbons (Fsp3) is 0.350. The molecule has 1 fully saturated rings. The molecule has 0 radical (unpaired) electrons. The summed E-state index contributed by atoms with van der Waals surface area (Å²) < 4.78 is 0. The SMILES string of the molecule is CN1CCN(c2ccc(NC(=O)CC(=O)NCc3ccncc3)cc2)CC1. The first-order chi connectivity index (χ1) is 13.1. The molecule has 0 saturated carbocycles. The first-order valence-corrected chi connectivity index (χ1v) is 9.09. The molecule has 2 amide bonds. The highest BCUT2D eigenvalue weighted by atomic mass is 16.2. The van der Waals surface area contributed by atoms with Gasteiger partial charge in [0.15, 0.2) is 0 Å². The Bertz CT molecular complexity index is 756. The monoisotopic (exact) mass is 367 g/mol. The van der Waals surface area contributed by atoms with Gasteiger partial charge in [-0.25, -0.2) is 0 Å². The Morgan fingerprint density at radius 3 is 2.30 bits per heavy atom. The minimum absolute atomic E-state index is 0.203. The molecule has 1 saturated heterocycles. The highest BCUT2D eigenvalue weighted by Crippen LogP contribution is 2.19. The van der Waals surface area contributed by atoms with Gasteiger partial charge in [-0.1, -0.05) is 0 Å².